The van der Waals surface area contributed by atoms with Gasteiger partial charge in [-0.05, 0) is 25.1 Å². The van der Waals surface area contributed by atoms with Crippen LogP contribution < -0.4 is 10.1 Å². The van der Waals surface area contributed by atoms with E-state index in [4.69, 9.17) is 4.74 Å². The van der Waals surface area contributed by atoms with Crippen LogP contribution in [0.2, 0.25) is 0 Å². The molecule has 1 rings (SSSR count). The van der Waals surface area contributed by atoms with Crippen LogP contribution in [-0.2, 0) is 4.79 Å². The van der Waals surface area contributed by atoms with Crippen LogP contribution in [0.4, 0.5) is 4.39 Å². The van der Waals surface area contributed by atoms with Crippen LogP contribution in [0.25, 0.3) is 0 Å². The summed E-state index contributed by atoms with van der Waals surface area (Å²) in [5, 5.41) is 2.55. The number of benzene rings is 1. The number of carbonyl (C=O) groups excluding carboxylic acids is 2. The second-order valence-electron chi connectivity index (χ2n) is 3.33. The largest absolute Gasteiger partial charge is 0.423 e. The molecule has 0 saturated carbocycles. The van der Waals surface area contributed by atoms with E-state index in [1.807, 2.05) is 0 Å². The predicted octanol–water partition coefficient (Wildman–Crippen LogP) is 1.89. The Morgan fingerprint density at radius 1 is 1.35 bits per heavy atom. The maximum absolute atomic E-state index is 13.5. The Kier molecular flexibility index (Phi) is 4.63. The Morgan fingerprint density at radius 3 is 2.59 bits per heavy atom. The van der Waals surface area contributed by atoms with Gasteiger partial charge in [-0.3, -0.25) is 9.59 Å². The number of nitrogens with one attached hydrogen (secondary N) is 1. The highest BCUT2D eigenvalue weighted by Gasteiger charge is 2.11. The molecule has 1 aromatic carbocycles. The first-order valence-corrected chi connectivity index (χ1v) is 5.36. The maximum Gasteiger partial charge on any atom is 0.310 e. The molecule has 0 unspecified atom stereocenters. The van der Waals surface area contributed by atoms with Crippen LogP contribution in [-0.4, -0.2) is 18.4 Å². The highest BCUT2D eigenvalue weighted by molar-refractivity contribution is 5.94. The van der Waals surface area contributed by atoms with Crippen molar-refractivity contribution in [2.75, 3.05) is 6.54 Å². The van der Waals surface area contributed by atoms with Crippen molar-refractivity contribution in [3.8, 4) is 5.75 Å². The average molecular weight is 239 g/mol. The molecule has 0 saturated heterocycles. The van der Waals surface area contributed by atoms with E-state index in [-0.39, 0.29) is 23.6 Å². The van der Waals surface area contributed by atoms with E-state index in [0.29, 0.717) is 6.54 Å². The monoisotopic (exact) mass is 239 g/mol. The van der Waals surface area contributed by atoms with E-state index < -0.39 is 11.8 Å². The number of rotatable bonds is 4. The molecule has 0 aliphatic heterocycles. The molecule has 1 amide bonds. The number of carbonyl (C=O) groups is 2. The quantitative estimate of drug-likeness (QED) is 0.644. The molecule has 0 aromatic heterocycles. The van der Waals surface area contributed by atoms with Crippen LogP contribution in [0, 0.1) is 5.82 Å². The van der Waals surface area contributed by atoms with Crippen molar-refractivity contribution in [3.63, 3.8) is 0 Å². The molecule has 92 valence electrons. The van der Waals surface area contributed by atoms with Gasteiger partial charge in [-0.1, -0.05) is 6.92 Å². The lowest BCUT2D eigenvalue weighted by molar-refractivity contribution is -0.134. The number of esters is 1. The van der Waals surface area contributed by atoms with Crippen molar-refractivity contribution in [1.82, 2.24) is 5.32 Å². The van der Waals surface area contributed by atoms with E-state index in [9.17, 15) is 14.0 Å². The minimum absolute atomic E-state index is 0.162. The molecule has 0 fully saturated rings. The SMILES string of the molecule is CCNC(=O)c1ccc(OC(=O)CC)c(F)c1. The minimum atomic E-state index is -0.726. The van der Waals surface area contributed by atoms with Gasteiger partial charge in [0.2, 0.25) is 0 Å². The number of hydrogen-bond acceptors (Lipinski definition) is 3. The molecule has 0 radical (unpaired) electrons. The van der Waals surface area contributed by atoms with Crippen molar-refractivity contribution in [3.05, 3.63) is 29.6 Å². The lowest BCUT2D eigenvalue weighted by Crippen LogP contribution is -2.22. The fourth-order valence-electron chi connectivity index (χ4n) is 1.18. The van der Waals surface area contributed by atoms with Gasteiger partial charge in [0.25, 0.3) is 5.91 Å². The molecule has 0 aliphatic rings. The maximum atomic E-state index is 13.5. The first-order valence-electron chi connectivity index (χ1n) is 5.36. The number of amides is 1. The zero-order chi connectivity index (χ0) is 12.8. The smallest absolute Gasteiger partial charge is 0.310 e. The van der Waals surface area contributed by atoms with Gasteiger partial charge in [-0.15, -0.1) is 0 Å². The molecule has 0 spiro atoms. The first-order chi connectivity index (χ1) is 8.08. The second-order valence-corrected chi connectivity index (χ2v) is 3.33. The van der Waals surface area contributed by atoms with Crippen LogP contribution in [0.1, 0.15) is 30.6 Å². The highest BCUT2D eigenvalue weighted by Crippen LogP contribution is 2.18. The lowest BCUT2D eigenvalue weighted by Gasteiger charge is -2.06. The zero-order valence-corrected chi connectivity index (χ0v) is 9.75. The van der Waals surface area contributed by atoms with E-state index in [2.05, 4.69) is 5.32 Å². The van der Waals surface area contributed by atoms with Gasteiger partial charge in [0, 0.05) is 18.5 Å². The summed E-state index contributed by atoms with van der Waals surface area (Å²) in [6, 6.07) is 3.73. The van der Waals surface area contributed by atoms with Gasteiger partial charge in [-0.2, -0.15) is 0 Å². The number of ether oxygens (including phenoxy) is 1. The third kappa shape index (κ3) is 3.55. The molecule has 4 nitrogen and oxygen atoms in total. The molecule has 1 N–H and O–H groups in total. The molecule has 0 heterocycles. The van der Waals surface area contributed by atoms with Gasteiger partial charge in [0.05, 0.1) is 0 Å². The summed E-state index contributed by atoms with van der Waals surface area (Å²) in [4.78, 5) is 22.4. The second kappa shape index (κ2) is 5.98. The number of hydrogen-bond donors (Lipinski definition) is 1. The third-order valence-corrected chi connectivity index (χ3v) is 2.04. The summed E-state index contributed by atoms with van der Waals surface area (Å²) < 4.78 is 18.2. The van der Waals surface area contributed by atoms with E-state index >= 15 is 0 Å². The zero-order valence-electron chi connectivity index (χ0n) is 9.75. The Bertz CT molecular complexity index is 432. The van der Waals surface area contributed by atoms with Crippen LogP contribution in [0.3, 0.4) is 0 Å². The fraction of sp³-hybridized carbons (Fsp3) is 0.333. The standard InChI is InChI=1S/C12H14FNO3/c1-3-11(15)17-10-6-5-8(7-9(10)13)12(16)14-4-2/h5-7H,3-4H2,1-2H3,(H,14,16). The molecular formula is C12H14FNO3. The minimum Gasteiger partial charge on any atom is -0.423 e. The van der Waals surface area contributed by atoms with Crippen molar-refractivity contribution in [2.24, 2.45) is 0 Å². The molecular weight excluding hydrogens is 225 g/mol. The molecule has 0 bridgehead atoms. The van der Waals surface area contributed by atoms with Gasteiger partial charge < -0.3 is 10.1 Å². The van der Waals surface area contributed by atoms with Crippen molar-refractivity contribution in [1.29, 1.82) is 0 Å². The summed E-state index contributed by atoms with van der Waals surface area (Å²) in [7, 11) is 0. The Morgan fingerprint density at radius 2 is 2.06 bits per heavy atom. The Balaban J connectivity index is 2.86. The summed E-state index contributed by atoms with van der Waals surface area (Å²) in [5.74, 6) is -1.77. The predicted molar refractivity (Wildman–Crippen MR) is 60.3 cm³/mol. The van der Waals surface area contributed by atoms with E-state index in [1.165, 1.54) is 12.1 Å². The van der Waals surface area contributed by atoms with E-state index in [0.717, 1.165) is 6.07 Å². The Labute approximate surface area is 98.8 Å². The molecule has 5 heteroatoms. The van der Waals surface area contributed by atoms with Gasteiger partial charge in [0.1, 0.15) is 0 Å². The summed E-state index contributed by atoms with van der Waals surface area (Å²) >= 11 is 0. The van der Waals surface area contributed by atoms with Crippen molar-refractivity contribution < 1.29 is 18.7 Å². The average Bonchev–Trinajstić information content (AvgIpc) is 2.31. The van der Waals surface area contributed by atoms with Crippen molar-refractivity contribution >= 4 is 11.9 Å². The molecule has 17 heavy (non-hydrogen) atoms. The van der Waals surface area contributed by atoms with Gasteiger partial charge >= 0.3 is 5.97 Å². The lowest BCUT2D eigenvalue weighted by atomic mass is 10.2. The Hall–Kier alpha value is -1.91. The van der Waals surface area contributed by atoms with Crippen LogP contribution in [0.5, 0.6) is 5.75 Å². The topological polar surface area (TPSA) is 55.4 Å². The fourth-order valence-corrected chi connectivity index (χ4v) is 1.18. The summed E-state index contributed by atoms with van der Waals surface area (Å²) in [5.41, 5.74) is 0.195. The molecule has 1 aromatic rings. The van der Waals surface area contributed by atoms with Crippen LogP contribution >= 0.6 is 0 Å². The highest BCUT2D eigenvalue weighted by atomic mass is 19.1. The van der Waals surface area contributed by atoms with Crippen LogP contribution in [0.15, 0.2) is 18.2 Å². The number of halogens is 1. The van der Waals surface area contributed by atoms with Gasteiger partial charge in [-0.25, -0.2) is 4.39 Å². The summed E-state index contributed by atoms with van der Waals surface area (Å²) in [6.45, 7) is 3.85. The third-order valence-electron chi connectivity index (χ3n) is 2.04. The molecule has 0 atom stereocenters. The summed E-state index contributed by atoms with van der Waals surface area (Å²) in [6.07, 6.45) is 0.164. The first kappa shape index (κ1) is 13.2. The van der Waals surface area contributed by atoms with Gasteiger partial charge in [0.15, 0.2) is 11.6 Å². The van der Waals surface area contributed by atoms with E-state index in [1.54, 1.807) is 13.8 Å². The normalized spacial score (nSPS) is 9.82. The molecule has 0 aliphatic carbocycles. The van der Waals surface area contributed by atoms with Crippen molar-refractivity contribution in [2.45, 2.75) is 20.3 Å².